The second-order valence-electron chi connectivity index (χ2n) is 1.76. The fourth-order valence-corrected chi connectivity index (χ4v) is 0. The maximum Gasteiger partial charge on any atom is 0.373 e. The van der Waals surface area contributed by atoms with Gasteiger partial charge in [0, 0.05) is 13.1 Å². The summed E-state index contributed by atoms with van der Waals surface area (Å²) < 4.78 is 0. The van der Waals surface area contributed by atoms with Crippen molar-refractivity contribution in [2.75, 3.05) is 19.7 Å². The molecule has 9 heteroatoms. The standard InChI is InChI=1S/C3H9NO.C2H7NO.2CO2.ClH/c1-3(5)2-4;3-1-2-4;2*2-1-3;/h3,5H,2,4H2,1H3;4H,1-3H2;;;1H. The van der Waals surface area contributed by atoms with Crippen LogP contribution in [0, 0.1) is 0 Å². The maximum atomic E-state index is 8.24. The summed E-state index contributed by atoms with van der Waals surface area (Å²) in [7, 11) is 0. The van der Waals surface area contributed by atoms with Gasteiger partial charge in [0.05, 0.1) is 12.7 Å². The summed E-state index contributed by atoms with van der Waals surface area (Å²) in [6.07, 6.45) is 0.162. The van der Waals surface area contributed by atoms with Crippen LogP contribution in [0.2, 0.25) is 0 Å². The minimum Gasteiger partial charge on any atom is -0.395 e. The van der Waals surface area contributed by atoms with Gasteiger partial charge < -0.3 is 21.7 Å². The topological polar surface area (TPSA) is 161 Å². The number of hydrogen-bond donors (Lipinski definition) is 4. The Kier molecular flexibility index (Phi) is 89.2. The van der Waals surface area contributed by atoms with Crippen LogP contribution in [0.25, 0.3) is 0 Å². The van der Waals surface area contributed by atoms with Crippen molar-refractivity contribution in [1.29, 1.82) is 0 Å². The summed E-state index contributed by atoms with van der Waals surface area (Å²) in [5.41, 5.74) is 9.70. The van der Waals surface area contributed by atoms with Crippen molar-refractivity contribution in [3.63, 3.8) is 0 Å². The van der Waals surface area contributed by atoms with Gasteiger partial charge in [-0.15, -0.1) is 12.4 Å². The van der Waals surface area contributed by atoms with Crippen molar-refractivity contribution < 1.29 is 29.4 Å². The van der Waals surface area contributed by atoms with Crippen LogP contribution in [-0.2, 0) is 19.2 Å². The molecule has 0 heterocycles. The minimum atomic E-state index is -0.338. The van der Waals surface area contributed by atoms with E-state index in [0.29, 0.717) is 13.1 Å². The highest BCUT2D eigenvalue weighted by Gasteiger charge is 1.81. The number of aliphatic hydroxyl groups is 2. The number of nitrogens with two attached hydrogens (primary N) is 2. The summed E-state index contributed by atoms with van der Waals surface area (Å²) >= 11 is 0. The molecule has 0 saturated carbocycles. The molecule has 0 spiro atoms. The van der Waals surface area contributed by atoms with Crippen molar-refractivity contribution in [3.8, 4) is 0 Å². The van der Waals surface area contributed by atoms with E-state index in [9.17, 15) is 0 Å². The number of rotatable bonds is 2. The number of aliphatic hydroxyl groups excluding tert-OH is 2. The number of halogens is 1. The number of hydrogen-bond acceptors (Lipinski definition) is 8. The lowest BCUT2D eigenvalue weighted by atomic mass is 10.4. The fraction of sp³-hybridized carbons (Fsp3) is 0.714. The lowest BCUT2D eigenvalue weighted by Gasteiger charge is -1.91. The van der Waals surface area contributed by atoms with Crippen LogP contribution >= 0.6 is 12.4 Å². The van der Waals surface area contributed by atoms with Crippen LogP contribution in [0.3, 0.4) is 0 Å². The van der Waals surface area contributed by atoms with Crippen LogP contribution in [0.1, 0.15) is 6.92 Å². The molecular formula is C7H17ClN2O6. The van der Waals surface area contributed by atoms with E-state index in [-0.39, 0.29) is 37.4 Å². The average molecular weight is 261 g/mol. The second-order valence-corrected chi connectivity index (χ2v) is 1.76. The second kappa shape index (κ2) is 48.6. The van der Waals surface area contributed by atoms with Crippen molar-refractivity contribution in [1.82, 2.24) is 0 Å². The molecule has 0 aliphatic carbocycles. The molecule has 0 aromatic carbocycles. The van der Waals surface area contributed by atoms with E-state index in [4.69, 9.17) is 40.9 Å². The van der Waals surface area contributed by atoms with E-state index in [0.717, 1.165) is 0 Å². The lowest BCUT2D eigenvalue weighted by molar-refractivity contribution is -0.193. The van der Waals surface area contributed by atoms with Gasteiger partial charge in [-0.25, -0.2) is 0 Å². The van der Waals surface area contributed by atoms with Gasteiger partial charge in [-0.3, -0.25) is 0 Å². The van der Waals surface area contributed by atoms with Crippen LogP contribution in [0.15, 0.2) is 0 Å². The summed E-state index contributed by atoms with van der Waals surface area (Å²) in [4.78, 5) is 32.5. The van der Waals surface area contributed by atoms with Crippen LogP contribution in [0.4, 0.5) is 0 Å². The van der Waals surface area contributed by atoms with Crippen LogP contribution in [0.5, 0.6) is 0 Å². The van der Waals surface area contributed by atoms with Crippen molar-refractivity contribution in [2.45, 2.75) is 13.0 Å². The summed E-state index contributed by atoms with van der Waals surface area (Å²) in [6.45, 7) is 2.49. The molecule has 0 saturated heterocycles. The zero-order chi connectivity index (χ0) is 13.1. The first-order valence-corrected chi connectivity index (χ1v) is 3.69. The highest BCUT2D eigenvalue weighted by molar-refractivity contribution is 5.85. The molecule has 0 bridgehead atoms. The predicted molar refractivity (Wildman–Crippen MR) is 54.1 cm³/mol. The fourth-order valence-electron chi connectivity index (χ4n) is 0. The molecule has 0 rings (SSSR count). The van der Waals surface area contributed by atoms with E-state index >= 15 is 0 Å². The monoisotopic (exact) mass is 260 g/mol. The third kappa shape index (κ3) is 510. The highest BCUT2D eigenvalue weighted by Crippen LogP contribution is 1.65. The molecule has 16 heavy (non-hydrogen) atoms. The quantitative estimate of drug-likeness (QED) is 0.424. The van der Waals surface area contributed by atoms with Gasteiger partial charge in [-0.2, -0.15) is 19.2 Å². The van der Waals surface area contributed by atoms with Gasteiger partial charge in [0.1, 0.15) is 0 Å². The van der Waals surface area contributed by atoms with Gasteiger partial charge in [0.25, 0.3) is 0 Å². The molecular weight excluding hydrogens is 244 g/mol. The molecule has 0 aliphatic rings. The van der Waals surface area contributed by atoms with Crippen LogP contribution in [-0.4, -0.2) is 48.3 Å². The predicted octanol–water partition coefficient (Wildman–Crippen LogP) is -2.48. The van der Waals surface area contributed by atoms with Gasteiger partial charge in [-0.1, -0.05) is 0 Å². The third-order valence-corrected chi connectivity index (χ3v) is 0.470. The normalized spacial score (nSPS) is 7.56. The van der Waals surface area contributed by atoms with Crippen molar-refractivity contribution in [2.24, 2.45) is 11.5 Å². The molecule has 0 amide bonds. The molecule has 98 valence electrons. The van der Waals surface area contributed by atoms with E-state index in [1.54, 1.807) is 6.92 Å². The molecule has 0 aliphatic heterocycles. The Labute approximate surface area is 99.0 Å². The minimum absolute atomic E-state index is 0. The Bertz CT molecular complexity index is 141. The Morgan fingerprint density at radius 2 is 1.25 bits per heavy atom. The lowest BCUT2D eigenvalue weighted by Crippen LogP contribution is -2.14. The Morgan fingerprint density at radius 1 is 1.12 bits per heavy atom. The SMILES string of the molecule is CC(O)CN.Cl.NCCO.O=C=O.O=C=O. The summed E-state index contributed by atoms with van der Waals surface area (Å²) in [5, 5.41) is 16.0. The van der Waals surface area contributed by atoms with Crippen molar-refractivity contribution in [3.05, 3.63) is 0 Å². The summed E-state index contributed by atoms with van der Waals surface area (Å²) in [6, 6.07) is 0. The summed E-state index contributed by atoms with van der Waals surface area (Å²) in [5.74, 6) is 0. The first kappa shape index (κ1) is 29.4. The van der Waals surface area contributed by atoms with E-state index in [2.05, 4.69) is 0 Å². The first-order chi connectivity index (χ1) is 7.01. The van der Waals surface area contributed by atoms with Gasteiger partial charge in [0.2, 0.25) is 0 Å². The maximum absolute atomic E-state index is 8.24. The molecule has 0 aromatic heterocycles. The Morgan fingerprint density at radius 3 is 1.25 bits per heavy atom. The molecule has 6 N–H and O–H groups in total. The molecule has 0 radical (unpaired) electrons. The van der Waals surface area contributed by atoms with E-state index < -0.39 is 0 Å². The third-order valence-electron chi connectivity index (χ3n) is 0.470. The smallest absolute Gasteiger partial charge is 0.373 e. The van der Waals surface area contributed by atoms with Gasteiger partial charge in [-0.05, 0) is 6.92 Å². The van der Waals surface area contributed by atoms with Crippen LogP contribution < -0.4 is 11.5 Å². The Balaban J connectivity index is -0.0000000338. The molecule has 1 atom stereocenters. The zero-order valence-corrected chi connectivity index (χ0v) is 9.61. The highest BCUT2D eigenvalue weighted by atomic mass is 35.5. The zero-order valence-electron chi connectivity index (χ0n) is 8.79. The molecule has 0 fully saturated rings. The molecule has 8 nitrogen and oxygen atoms in total. The Hall–Kier alpha value is -1.11. The molecule has 0 aromatic rings. The van der Waals surface area contributed by atoms with Gasteiger partial charge >= 0.3 is 12.3 Å². The van der Waals surface area contributed by atoms with E-state index in [1.807, 2.05) is 0 Å². The average Bonchev–Trinajstić information content (AvgIpc) is 2.20. The van der Waals surface area contributed by atoms with E-state index in [1.165, 1.54) is 0 Å². The largest absolute Gasteiger partial charge is 0.395 e. The van der Waals surface area contributed by atoms with Gasteiger partial charge in [0.15, 0.2) is 0 Å². The first-order valence-electron chi connectivity index (χ1n) is 3.69. The van der Waals surface area contributed by atoms with Crippen molar-refractivity contribution >= 4 is 24.7 Å². The molecule has 1 unspecified atom stereocenters. The number of carbonyl (C=O) groups excluding carboxylic acids is 4.